The van der Waals surface area contributed by atoms with Gasteiger partial charge in [-0.2, -0.15) is 5.10 Å². The van der Waals surface area contributed by atoms with Crippen molar-refractivity contribution in [2.45, 2.75) is 13.5 Å². The van der Waals surface area contributed by atoms with Crippen molar-refractivity contribution >= 4 is 11.5 Å². The molecule has 0 fully saturated rings. The molecule has 0 atom stereocenters. The van der Waals surface area contributed by atoms with Crippen LogP contribution in [0.15, 0.2) is 30.6 Å². The SMILES string of the molecule is Cc1ccc([N+](=O)[O-])c(NCCn2cccn2)n1. The van der Waals surface area contributed by atoms with Crippen LogP contribution in [-0.4, -0.2) is 26.2 Å². The van der Waals surface area contributed by atoms with E-state index in [-0.39, 0.29) is 5.69 Å². The Kier molecular flexibility index (Phi) is 3.52. The molecule has 0 aromatic carbocycles. The summed E-state index contributed by atoms with van der Waals surface area (Å²) >= 11 is 0. The maximum absolute atomic E-state index is 10.8. The van der Waals surface area contributed by atoms with E-state index < -0.39 is 4.92 Å². The van der Waals surface area contributed by atoms with Gasteiger partial charge < -0.3 is 5.32 Å². The number of pyridine rings is 1. The van der Waals surface area contributed by atoms with E-state index in [1.807, 2.05) is 12.3 Å². The minimum atomic E-state index is -0.442. The van der Waals surface area contributed by atoms with Crippen molar-refractivity contribution in [3.63, 3.8) is 0 Å². The zero-order valence-corrected chi connectivity index (χ0v) is 9.91. The van der Waals surface area contributed by atoms with Crippen LogP contribution in [0.25, 0.3) is 0 Å². The van der Waals surface area contributed by atoms with Crippen molar-refractivity contribution in [3.05, 3.63) is 46.4 Å². The van der Waals surface area contributed by atoms with E-state index >= 15 is 0 Å². The molecule has 18 heavy (non-hydrogen) atoms. The molecule has 0 saturated heterocycles. The molecule has 0 unspecified atom stereocenters. The highest BCUT2D eigenvalue weighted by Crippen LogP contribution is 2.21. The Morgan fingerprint density at radius 2 is 2.33 bits per heavy atom. The number of nitrogens with zero attached hydrogens (tertiary/aromatic N) is 4. The lowest BCUT2D eigenvalue weighted by Crippen LogP contribution is -2.13. The lowest BCUT2D eigenvalue weighted by atomic mass is 10.3. The molecular formula is C11H13N5O2. The second kappa shape index (κ2) is 5.26. The normalized spacial score (nSPS) is 10.3. The smallest absolute Gasteiger partial charge is 0.311 e. The van der Waals surface area contributed by atoms with Crippen molar-refractivity contribution in [3.8, 4) is 0 Å². The van der Waals surface area contributed by atoms with E-state index in [0.717, 1.165) is 5.69 Å². The number of aryl methyl sites for hydroxylation is 1. The fourth-order valence-electron chi connectivity index (χ4n) is 1.55. The number of rotatable bonds is 5. The van der Waals surface area contributed by atoms with Crippen LogP contribution >= 0.6 is 0 Å². The second-order valence-electron chi connectivity index (χ2n) is 3.77. The molecule has 0 saturated carbocycles. The van der Waals surface area contributed by atoms with Gasteiger partial charge in [0.15, 0.2) is 0 Å². The van der Waals surface area contributed by atoms with Gasteiger partial charge in [0, 0.05) is 30.7 Å². The van der Waals surface area contributed by atoms with E-state index in [4.69, 9.17) is 0 Å². The van der Waals surface area contributed by atoms with Gasteiger partial charge in [0.05, 0.1) is 11.5 Å². The van der Waals surface area contributed by atoms with Crippen molar-refractivity contribution in [2.75, 3.05) is 11.9 Å². The molecule has 0 aliphatic rings. The number of hydrogen-bond donors (Lipinski definition) is 1. The minimum absolute atomic E-state index is 0.0129. The average Bonchev–Trinajstić information content (AvgIpc) is 2.82. The van der Waals surface area contributed by atoms with Gasteiger partial charge in [-0.1, -0.05) is 0 Å². The van der Waals surface area contributed by atoms with E-state index in [0.29, 0.717) is 18.9 Å². The quantitative estimate of drug-likeness (QED) is 0.640. The monoisotopic (exact) mass is 247 g/mol. The van der Waals surface area contributed by atoms with E-state index in [9.17, 15) is 10.1 Å². The maximum atomic E-state index is 10.8. The van der Waals surface area contributed by atoms with Crippen LogP contribution < -0.4 is 5.32 Å². The van der Waals surface area contributed by atoms with Gasteiger partial charge in [-0.3, -0.25) is 14.8 Å². The summed E-state index contributed by atoms with van der Waals surface area (Å²) in [7, 11) is 0. The van der Waals surface area contributed by atoms with Crippen LogP contribution in [0.5, 0.6) is 0 Å². The number of nitro groups is 1. The van der Waals surface area contributed by atoms with Crippen LogP contribution in [-0.2, 0) is 6.54 Å². The Balaban J connectivity index is 2.03. The summed E-state index contributed by atoms with van der Waals surface area (Å²) in [5.41, 5.74) is 0.725. The van der Waals surface area contributed by atoms with E-state index in [1.54, 1.807) is 23.9 Å². The Bertz CT molecular complexity index is 538. The molecule has 0 spiro atoms. The Labute approximate surface area is 104 Å². The Morgan fingerprint density at radius 3 is 3.00 bits per heavy atom. The molecule has 1 N–H and O–H groups in total. The number of aromatic nitrogens is 3. The molecule has 0 amide bonds. The summed E-state index contributed by atoms with van der Waals surface area (Å²) in [6.45, 7) is 2.95. The van der Waals surface area contributed by atoms with Crippen LogP contribution in [0, 0.1) is 17.0 Å². The molecule has 7 heteroatoms. The third kappa shape index (κ3) is 2.82. The zero-order valence-electron chi connectivity index (χ0n) is 9.91. The standard InChI is InChI=1S/C11H13N5O2/c1-9-3-4-10(16(17)18)11(14-9)12-6-8-15-7-2-5-13-15/h2-5,7H,6,8H2,1H3,(H,12,14). The highest BCUT2D eigenvalue weighted by atomic mass is 16.6. The predicted molar refractivity (Wildman–Crippen MR) is 66.3 cm³/mol. The lowest BCUT2D eigenvalue weighted by molar-refractivity contribution is -0.384. The number of anilines is 1. The zero-order chi connectivity index (χ0) is 13.0. The molecule has 0 bridgehead atoms. The van der Waals surface area contributed by atoms with Gasteiger partial charge in [-0.15, -0.1) is 0 Å². The van der Waals surface area contributed by atoms with Crippen molar-refractivity contribution in [1.82, 2.24) is 14.8 Å². The second-order valence-corrected chi connectivity index (χ2v) is 3.77. The van der Waals surface area contributed by atoms with E-state index in [1.165, 1.54) is 6.07 Å². The average molecular weight is 247 g/mol. The highest BCUT2D eigenvalue weighted by Gasteiger charge is 2.14. The van der Waals surface area contributed by atoms with Crippen LogP contribution in [0.2, 0.25) is 0 Å². The van der Waals surface area contributed by atoms with Crippen molar-refractivity contribution < 1.29 is 4.92 Å². The number of nitrogens with one attached hydrogen (secondary N) is 1. The minimum Gasteiger partial charge on any atom is -0.362 e. The topological polar surface area (TPSA) is 85.9 Å². The summed E-state index contributed by atoms with van der Waals surface area (Å²) in [4.78, 5) is 14.5. The van der Waals surface area contributed by atoms with Crippen molar-refractivity contribution in [2.24, 2.45) is 0 Å². The highest BCUT2D eigenvalue weighted by molar-refractivity contribution is 5.55. The molecular weight excluding hydrogens is 234 g/mol. The summed E-state index contributed by atoms with van der Waals surface area (Å²) < 4.78 is 1.74. The fourth-order valence-corrected chi connectivity index (χ4v) is 1.55. The first-order valence-corrected chi connectivity index (χ1v) is 5.50. The fraction of sp³-hybridized carbons (Fsp3) is 0.273. The third-order valence-corrected chi connectivity index (χ3v) is 2.40. The van der Waals surface area contributed by atoms with Gasteiger partial charge in [0.2, 0.25) is 5.82 Å². The Hall–Kier alpha value is -2.44. The van der Waals surface area contributed by atoms with Gasteiger partial charge in [-0.25, -0.2) is 4.98 Å². The largest absolute Gasteiger partial charge is 0.362 e. The van der Waals surface area contributed by atoms with Crippen LogP contribution in [0.4, 0.5) is 11.5 Å². The summed E-state index contributed by atoms with van der Waals surface area (Å²) in [5, 5.41) is 17.8. The summed E-state index contributed by atoms with van der Waals surface area (Å²) in [6, 6.07) is 4.91. The first-order chi connectivity index (χ1) is 8.66. The summed E-state index contributed by atoms with van der Waals surface area (Å²) in [6.07, 6.45) is 3.52. The molecule has 7 nitrogen and oxygen atoms in total. The molecule has 2 rings (SSSR count). The van der Waals surface area contributed by atoms with Crippen LogP contribution in [0.1, 0.15) is 5.69 Å². The predicted octanol–water partition coefficient (Wildman–Crippen LogP) is 1.61. The van der Waals surface area contributed by atoms with E-state index in [2.05, 4.69) is 15.4 Å². The Morgan fingerprint density at radius 1 is 1.50 bits per heavy atom. The first kappa shape index (κ1) is 12.0. The third-order valence-electron chi connectivity index (χ3n) is 2.40. The lowest BCUT2D eigenvalue weighted by Gasteiger charge is -2.07. The molecule has 2 heterocycles. The van der Waals surface area contributed by atoms with Gasteiger partial charge in [-0.05, 0) is 19.1 Å². The van der Waals surface area contributed by atoms with Crippen molar-refractivity contribution in [1.29, 1.82) is 0 Å². The van der Waals surface area contributed by atoms with Gasteiger partial charge in [0.25, 0.3) is 0 Å². The molecule has 2 aromatic rings. The number of hydrogen-bond acceptors (Lipinski definition) is 5. The van der Waals surface area contributed by atoms with Gasteiger partial charge in [0.1, 0.15) is 0 Å². The van der Waals surface area contributed by atoms with Crippen LogP contribution in [0.3, 0.4) is 0 Å². The molecule has 0 aliphatic heterocycles. The molecule has 94 valence electrons. The molecule has 2 aromatic heterocycles. The molecule has 0 aliphatic carbocycles. The summed E-state index contributed by atoms with van der Waals surface area (Å²) in [5.74, 6) is 0.298. The van der Waals surface area contributed by atoms with Gasteiger partial charge >= 0.3 is 5.69 Å². The molecule has 0 radical (unpaired) electrons. The maximum Gasteiger partial charge on any atom is 0.311 e. The first-order valence-electron chi connectivity index (χ1n) is 5.50.